The summed E-state index contributed by atoms with van der Waals surface area (Å²) in [5, 5.41) is 10.6. The van der Waals surface area contributed by atoms with Crippen LogP contribution < -0.4 is 0 Å². The van der Waals surface area contributed by atoms with Crippen LogP contribution in [0.3, 0.4) is 0 Å². The number of imidazole rings is 1. The summed E-state index contributed by atoms with van der Waals surface area (Å²) in [5.74, 6) is 0.484. The van der Waals surface area contributed by atoms with Crippen LogP contribution in [0.2, 0.25) is 0 Å². The van der Waals surface area contributed by atoms with Crippen LogP contribution in [0.1, 0.15) is 0 Å². The summed E-state index contributed by atoms with van der Waals surface area (Å²) in [5.41, 5.74) is 7.14. The second-order valence-electron chi connectivity index (χ2n) is 14.1. The Bertz CT molecular complexity index is 3510. The number of nitrogens with zero attached hydrogens (tertiary/aromatic N) is 3. The molecule has 0 saturated heterocycles. The van der Waals surface area contributed by atoms with E-state index in [0.29, 0.717) is 11.2 Å². The summed E-state index contributed by atoms with van der Waals surface area (Å²) in [4.78, 5) is 9.52. The molecule has 0 aliphatic heterocycles. The first kappa shape index (κ1) is 35.4. The number of rotatable bonds is 2. The molecule has 6 heteroatoms. The van der Waals surface area contributed by atoms with E-state index in [-0.39, 0.29) is 25.9 Å². The fraction of sp³-hybridized carbons (Fsp3) is 0. The molecule has 58 heavy (non-hydrogen) atoms. The largest absolute Gasteiger partial charge is 0.501 e. The van der Waals surface area contributed by atoms with Crippen molar-refractivity contribution in [2.24, 2.45) is 0 Å². The van der Waals surface area contributed by atoms with Gasteiger partial charge in [-0.15, -0.1) is 54.1 Å². The molecular formula is C52H30FIrN3O-2. The summed E-state index contributed by atoms with van der Waals surface area (Å²) in [7, 11) is 0. The molecule has 0 aliphatic rings. The van der Waals surface area contributed by atoms with E-state index in [9.17, 15) is 4.39 Å². The number of para-hydroxylation sites is 2. The smallest absolute Gasteiger partial charge is 0.123 e. The fourth-order valence-corrected chi connectivity index (χ4v) is 8.24. The van der Waals surface area contributed by atoms with Crippen molar-refractivity contribution in [3.05, 3.63) is 200 Å². The zero-order valence-electron chi connectivity index (χ0n) is 30.8. The Morgan fingerprint density at radius 3 is 2.00 bits per heavy atom. The van der Waals surface area contributed by atoms with Gasteiger partial charge in [0, 0.05) is 48.0 Å². The Kier molecular flexibility index (Phi) is 8.86. The molecule has 12 aromatic rings. The van der Waals surface area contributed by atoms with Gasteiger partial charge in [-0.25, -0.2) is 4.39 Å². The topological polar surface area (TPSA) is 43.3 Å². The first-order valence-corrected chi connectivity index (χ1v) is 18.8. The zero-order chi connectivity index (χ0) is 37.9. The Balaban J connectivity index is 0.000000270. The summed E-state index contributed by atoms with van der Waals surface area (Å²) >= 11 is 0. The van der Waals surface area contributed by atoms with E-state index in [0.717, 1.165) is 82.3 Å². The quantitative estimate of drug-likeness (QED) is 0.162. The van der Waals surface area contributed by atoms with Crippen molar-refractivity contribution in [1.82, 2.24) is 14.4 Å². The number of pyridine rings is 1. The van der Waals surface area contributed by atoms with Crippen LogP contribution in [0, 0.1) is 17.9 Å². The van der Waals surface area contributed by atoms with E-state index in [1.165, 1.54) is 16.8 Å². The Labute approximate surface area is 345 Å². The monoisotopic (exact) mass is 924 g/mol. The molecule has 4 nitrogen and oxygen atoms in total. The van der Waals surface area contributed by atoms with E-state index in [1.54, 1.807) is 12.3 Å². The average molecular weight is 924 g/mol. The van der Waals surface area contributed by atoms with Gasteiger partial charge in [-0.05, 0) is 80.5 Å². The van der Waals surface area contributed by atoms with Gasteiger partial charge in [0.1, 0.15) is 11.4 Å². The number of hydrogen-bond donors (Lipinski definition) is 0. The Morgan fingerprint density at radius 1 is 0.534 bits per heavy atom. The molecule has 8 aromatic carbocycles. The molecule has 0 N–H and O–H groups in total. The molecule has 277 valence electrons. The first-order chi connectivity index (χ1) is 28.2. The van der Waals surface area contributed by atoms with Crippen LogP contribution in [-0.2, 0) is 20.1 Å². The number of benzene rings is 8. The van der Waals surface area contributed by atoms with Crippen LogP contribution in [0.4, 0.5) is 4.39 Å². The van der Waals surface area contributed by atoms with Gasteiger partial charge in [0.15, 0.2) is 0 Å². The molecular weight excluding hydrogens is 894 g/mol. The molecule has 0 bridgehead atoms. The standard InChI is InChI=1S/C41H22FN2O.C11H8N.Ir/c42-26-20-19-24-22-35-33-15-7-16-34(40(33)45-38(35)23-25(24)21-26)41-43-36-17-8-14-32-30-12-4-2-10-28(30)27-9-1-3-11-29(27)31-13-5-6-18-37(31)44(41)39(32)36;1-2-6-10(7-3-1)11-8-4-5-9-12-11;/h1-15,17-23H;1-6,8-9H;/q2*-1;. The molecule has 0 amide bonds. The predicted molar refractivity (Wildman–Crippen MR) is 232 cm³/mol. The van der Waals surface area contributed by atoms with Crippen molar-refractivity contribution in [3.63, 3.8) is 0 Å². The fourth-order valence-electron chi connectivity index (χ4n) is 8.24. The molecule has 0 spiro atoms. The SMILES string of the molecule is Fc1ccc2cc3c(cc2c1)oc1c(-c2nc4cccc5c6ccccc6c6ccccc6c6ccccc6n2c45)[c-]ccc13.[Ir].[c-]1ccccc1-c1ccccn1. The van der Waals surface area contributed by atoms with Gasteiger partial charge in [-0.2, -0.15) is 0 Å². The van der Waals surface area contributed by atoms with E-state index in [2.05, 4.69) is 119 Å². The Morgan fingerprint density at radius 2 is 1.24 bits per heavy atom. The number of hydrogen-bond acceptors (Lipinski definition) is 3. The minimum atomic E-state index is -0.268. The van der Waals surface area contributed by atoms with Crippen molar-refractivity contribution in [2.45, 2.75) is 0 Å². The van der Waals surface area contributed by atoms with Crippen LogP contribution in [0.15, 0.2) is 187 Å². The summed E-state index contributed by atoms with van der Waals surface area (Å²) in [6.07, 6.45) is 1.79. The molecule has 0 unspecified atom stereocenters. The number of furan rings is 1. The Hall–Kier alpha value is -6.98. The third-order valence-corrected chi connectivity index (χ3v) is 10.8. The second kappa shape index (κ2) is 14.5. The maximum Gasteiger partial charge on any atom is 0.123 e. The van der Waals surface area contributed by atoms with Gasteiger partial charge in [-0.3, -0.25) is 4.98 Å². The summed E-state index contributed by atoms with van der Waals surface area (Å²) in [6, 6.07) is 65.3. The molecule has 12 rings (SSSR count). The maximum absolute atomic E-state index is 14.1. The van der Waals surface area contributed by atoms with Crippen molar-refractivity contribution >= 4 is 81.6 Å². The summed E-state index contributed by atoms with van der Waals surface area (Å²) < 4.78 is 23.0. The van der Waals surface area contributed by atoms with Gasteiger partial charge in [0.05, 0.1) is 22.4 Å². The van der Waals surface area contributed by atoms with Gasteiger partial charge in [-0.1, -0.05) is 108 Å². The minimum Gasteiger partial charge on any atom is -0.501 e. The minimum absolute atomic E-state index is 0. The molecule has 1 radical (unpaired) electrons. The van der Waals surface area contributed by atoms with Gasteiger partial charge >= 0.3 is 0 Å². The molecule has 4 aromatic heterocycles. The normalized spacial score (nSPS) is 11.4. The third kappa shape index (κ3) is 5.85. The average Bonchev–Trinajstić information content (AvgIpc) is 3.85. The van der Waals surface area contributed by atoms with E-state index in [4.69, 9.17) is 9.40 Å². The number of halogens is 1. The molecule has 0 saturated carbocycles. The van der Waals surface area contributed by atoms with E-state index in [1.807, 2.05) is 66.7 Å². The van der Waals surface area contributed by atoms with Crippen molar-refractivity contribution in [2.75, 3.05) is 0 Å². The van der Waals surface area contributed by atoms with Crippen molar-refractivity contribution < 1.29 is 28.9 Å². The predicted octanol–water partition coefficient (Wildman–Crippen LogP) is 13.7. The van der Waals surface area contributed by atoms with Gasteiger partial charge < -0.3 is 13.8 Å². The van der Waals surface area contributed by atoms with E-state index >= 15 is 0 Å². The summed E-state index contributed by atoms with van der Waals surface area (Å²) in [6.45, 7) is 0. The van der Waals surface area contributed by atoms with Crippen molar-refractivity contribution in [3.8, 4) is 22.6 Å². The molecule has 0 atom stereocenters. The molecule has 0 aliphatic carbocycles. The zero-order valence-corrected chi connectivity index (χ0v) is 33.2. The number of aromatic nitrogens is 3. The number of fused-ring (bicyclic) bond motifs is 11. The first-order valence-electron chi connectivity index (χ1n) is 18.8. The maximum atomic E-state index is 14.1. The molecule has 4 heterocycles. The second-order valence-corrected chi connectivity index (χ2v) is 14.1. The van der Waals surface area contributed by atoms with Gasteiger partial charge in [0.2, 0.25) is 0 Å². The van der Waals surface area contributed by atoms with Crippen LogP contribution >= 0.6 is 0 Å². The van der Waals surface area contributed by atoms with Crippen LogP contribution in [0.5, 0.6) is 0 Å². The van der Waals surface area contributed by atoms with Crippen molar-refractivity contribution in [1.29, 1.82) is 0 Å². The third-order valence-electron chi connectivity index (χ3n) is 10.8. The van der Waals surface area contributed by atoms with Crippen LogP contribution in [-0.4, -0.2) is 14.4 Å². The molecule has 0 fully saturated rings. The van der Waals surface area contributed by atoms with Gasteiger partial charge in [0.25, 0.3) is 0 Å². The van der Waals surface area contributed by atoms with E-state index < -0.39 is 0 Å². The van der Waals surface area contributed by atoms with Crippen LogP contribution in [0.25, 0.3) is 104 Å².